The molecule has 0 fully saturated rings. The molecule has 0 saturated carbocycles. The predicted octanol–water partition coefficient (Wildman–Crippen LogP) is 3.34. The first-order valence-electron chi connectivity index (χ1n) is 7.32. The Balaban J connectivity index is 1.78. The van der Waals surface area contributed by atoms with Crippen LogP contribution in [0.1, 0.15) is 48.7 Å². The zero-order valence-electron chi connectivity index (χ0n) is 12.7. The molecule has 1 N–H and O–H groups in total. The van der Waals surface area contributed by atoms with Gasteiger partial charge in [-0.25, -0.2) is 0 Å². The van der Waals surface area contributed by atoms with Crippen molar-refractivity contribution in [1.29, 1.82) is 0 Å². The van der Waals surface area contributed by atoms with Crippen molar-refractivity contribution in [2.45, 2.75) is 45.2 Å². The quantitative estimate of drug-likeness (QED) is 0.944. The van der Waals surface area contributed by atoms with Crippen LogP contribution in [0.5, 0.6) is 5.75 Å². The van der Waals surface area contributed by atoms with Gasteiger partial charge in [0.2, 0.25) is 0 Å². The molecule has 1 aromatic carbocycles. The monoisotopic (exact) mass is 303 g/mol. The highest BCUT2D eigenvalue weighted by atomic mass is 32.1. The van der Waals surface area contributed by atoms with E-state index in [1.54, 1.807) is 11.3 Å². The number of hydrogen-bond donors (Lipinski definition) is 1. The highest BCUT2D eigenvalue weighted by molar-refractivity contribution is 7.11. The van der Waals surface area contributed by atoms with Gasteiger partial charge in [-0.05, 0) is 33.3 Å². The van der Waals surface area contributed by atoms with Crippen molar-refractivity contribution in [2.24, 2.45) is 0 Å². The maximum Gasteiger partial charge on any atom is 0.131 e. The van der Waals surface area contributed by atoms with E-state index in [0.717, 1.165) is 35.3 Å². The molecule has 5 heteroatoms. The van der Waals surface area contributed by atoms with Gasteiger partial charge in [0.1, 0.15) is 15.8 Å². The fraction of sp³-hybridized carbons (Fsp3) is 0.500. The molecule has 1 aliphatic heterocycles. The molecule has 4 nitrogen and oxygen atoms in total. The van der Waals surface area contributed by atoms with Crippen LogP contribution in [-0.4, -0.2) is 22.3 Å². The summed E-state index contributed by atoms with van der Waals surface area (Å²) in [5.74, 6) is 1.30. The normalized spacial score (nSPS) is 18.1. The minimum absolute atomic E-state index is 0.0944. The van der Waals surface area contributed by atoms with E-state index in [4.69, 9.17) is 4.74 Å². The number of aromatic nitrogens is 2. The van der Waals surface area contributed by atoms with Crippen LogP contribution in [0.25, 0.3) is 0 Å². The fourth-order valence-electron chi connectivity index (χ4n) is 2.42. The first kappa shape index (κ1) is 14.5. The maximum absolute atomic E-state index is 5.72. The lowest BCUT2D eigenvalue weighted by Gasteiger charge is -2.23. The molecule has 2 aromatic rings. The van der Waals surface area contributed by atoms with E-state index in [0.29, 0.717) is 5.92 Å². The van der Waals surface area contributed by atoms with Gasteiger partial charge in [-0.15, -0.1) is 10.2 Å². The Hall–Kier alpha value is -1.46. The first-order valence-corrected chi connectivity index (χ1v) is 8.13. The van der Waals surface area contributed by atoms with Crippen LogP contribution in [0.2, 0.25) is 0 Å². The lowest BCUT2D eigenvalue weighted by molar-refractivity contribution is 0.276. The molecule has 1 unspecified atom stereocenters. The van der Waals surface area contributed by atoms with Crippen molar-refractivity contribution in [1.82, 2.24) is 15.5 Å². The van der Waals surface area contributed by atoms with E-state index in [9.17, 15) is 0 Å². The van der Waals surface area contributed by atoms with E-state index in [1.165, 1.54) is 5.56 Å². The minimum Gasteiger partial charge on any atom is -0.493 e. The maximum atomic E-state index is 5.72. The second-order valence-corrected chi connectivity index (χ2v) is 7.46. The summed E-state index contributed by atoms with van der Waals surface area (Å²) >= 11 is 1.70. The molecule has 2 heterocycles. The Bertz CT molecular complexity index is 618. The number of rotatable bonds is 3. The topological polar surface area (TPSA) is 47.0 Å². The van der Waals surface area contributed by atoms with E-state index < -0.39 is 0 Å². The Morgan fingerprint density at radius 2 is 2.10 bits per heavy atom. The molecule has 0 saturated heterocycles. The van der Waals surface area contributed by atoms with Gasteiger partial charge in [0.25, 0.3) is 0 Å². The molecule has 0 amide bonds. The van der Waals surface area contributed by atoms with Gasteiger partial charge in [0.05, 0.1) is 13.2 Å². The lowest BCUT2D eigenvalue weighted by Crippen LogP contribution is -2.35. The number of fused-ring (bicyclic) bond motifs is 1. The third-order valence-electron chi connectivity index (χ3n) is 3.51. The number of nitrogens with one attached hydrogen (secondary N) is 1. The van der Waals surface area contributed by atoms with Crippen LogP contribution >= 0.6 is 11.3 Å². The standard InChI is InChI=1S/C16H21N3OS/c1-16(2,3)17-10-14-18-19-15(21-14)12-8-9-20-13-7-5-4-6-11(12)13/h4-7,12,17H,8-10H2,1-3H3. The molecule has 0 radical (unpaired) electrons. The van der Waals surface area contributed by atoms with E-state index in [1.807, 2.05) is 12.1 Å². The molecule has 112 valence electrons. The van der Waals surface area contributed by atoms with Crippen LogP contribution in [0.4, 0.5) is 0 Å². The average molecular weight is 303 g/mol. The summed E-state index contributed by atoms with van der Waals surface area (Å²) in [4.78, 5) is 0. The minimum atomic E-state index is 0.0944. The number of hydrogen-bond acceptors (Lipinski definition) is 5. The summed E-state index contributed by atoms with van der Waals surface area (Å²) in [6.45, 7) is 7.99. The fourth-order valence-corrected chi connectivity index (χ4v) is 3.35. The number of para-hydroxylation sites is 1. The SMILES string of the molecule is CC(C)(C)NCc1nnc(C2CCOc3ccccc32)s1. The van der Waals surface area contributed by atoms with Crippen LogP contribution < -0.4 is 10.1 Å². The molecule has 3 rings (SSSR count). The van der Waals surface area contributed by atoms with E-state index in [-0.39, 0.29) is 5.54 Å². The van der Waals surface area contributed by atoms with Crippen molar-refractivity contribution in [2.75, 3.05) is 6.61 Å². The summed E-state index contributed by atoms with van der Waals surface area (Å²) < 4.78 is 5.72. The van der Waals surface area contributed by atoms with Gasteiger partial charge >= 0.3 is 0 Å². The molecule has 1 atom stereocenters. The highest BCUT2D eigenvalue weighted by Gasteiger charge is 2.26. The third kappa shape index (κ3) is 3.41. The average Bonchev–Trinajstić information content (AvgIpc) is 2.92. The molecule has 21 heavy (non-hydrogen) atoms. The van der Waals surface area contributed by atoms with E-state index >= 15 is 0 Å². The Morgan fingerprint density at radius 1 is 1.29 bits per heavy atom. The van der Waals surface area contributed by atoms with Gasteiger partial charge in [-0.1, -0.05) is 29.5 Å². The first-order chi connectivity index (χ1) is 10.0. The van der Waals surface area contributed by atoms with Crippen LogP contribution in [-0.2, 0) is 6.54 Å². The van der Waals surface area contributed by atoms with Gasteiger partial charge in [-0.2, -0.15) is 0 Å². The molecule has 0 spiro atoms. The highest BCUT2D eigenvalue weighted by Crippen LogP contribution is 2.38. The zero-order chi connectivity index (χ0) is 14.9. The second-order valence-electron chi connectivity index (χ2n) is 6.37. The summed E-state index contributed by atoms with van der Waals surface area (Å²) in [5.41, 5.74) is 1.33. The Morgan fingerprint density at radius 3 is 2.90 bits per heavy atom. The van der Waals surface area contributed by atoms with Gasteiger partial charge < -0.3 is 10.1 Å². The summed E-state index contributed by atoms with van der Waals surface area (Å²) in [6.07, 6.45) is 0.971. The lowest BCUT2D eigenvalue weighted by atomic mass is 9.94. The number of benzene rings is 1. The van der Waals surface area contributed by atoms with Crippen molar-refractivity contribution in [3.05, 3.63) is 39.8 Å². The van der Waals surface area contributed by atoms with Crippen molar-refractivity contribution >= 4 is 11.3 Å². The van der Waals surface area contributed by atoms with Gasteiger partial charge in [-0.3, -0.25) is 0 Å². The predicted molar refractivity (Wildman–Crippen MR) is 84.9 cm³/mol. The number of nitrogens with zero attached hydrogens (tertiary/aromatic N) is 2. The Kier molecular flexibility index (Phi) is 3.95. The van der Waals surface area contributed by atoms with Crippen LogP contribution in [0.3, 0.4) is 0 Å². The van der Waals surface area contributed by atoms with E-state index in [2.05, 4.69) is 48.4 Å². The molecular formula is C16H21N3OS. The Labute approximate surface area is 129 Å². The largest absolute Gasteiger partial charge is 0.493 e. The summed E-state index contributed by atoms with van der Waals surface area (Å²) in [7, 11) is 0. The smallest absolute Gasteiger partial charge is 0.131 e. The third-order valence-corrected chi connectivity index (χ3v) is 4.55. The summed E-state index contributed by atoms with van der Waals surface area (Å²) in [6, 6.07) is 8.24. The molecular weight excluding hydrogens is 282 g/mol. The van der Waals surface area contributed by atoms with Gasteiger partial charge in [0.15, 0.2) is 0 Å². The molecule has 0 bridgehead atoms. The zero-order valence-corrected chi connectivity index (χ0v) is 13.5. The van der Waals surface area contributed by atoms with Crippen molar-refractivity contribution in [3.63, 3.8) is 0 Å². The summed E-state index contributed by atoms with van der Waals surface area (Å²) in [5, 5.41) is 14.3. The van der Waals surface area contributed by atoms with Gasteiger partial charge in [0, 0.05) is 17.0 Å². The molecule has 1 aromatic heterocycles. The molecule has 0 aliphatic carbocycles. The second kappa shape index (κ2) is 5.73. The van der Waals surface area contributed by atoms with Crippen LogP contribution in [0.15, 0.2) is 24.3 Å². The number of ether oxygens (including phenoxy) is 1. The van der Waals surface area contributed by atoms with Crippen LogP contribution in [0, 0.1) is 0 Å². The van der Waals surface area contributed by atoms with Crippen molar-refractivity contribution < 1.29 is 4.74 Å². The molecule has 1 aliphatic rings. The van der Waals surface area contributed by atoms with Crippen molar-refractivity contribution in [3.8, 4) is 5.75 Å².